The van der Waals surface area contributed by atoms with Gasteiger partial charge in [-0.15, -0.1) is 24.0 Å². The van der Waals surface area contributed by atoms with Gasteiger partial charge in [0.25, 0.3) is 0 Å². The second-order valence-electron chi connectivity index (χ2n) is 7.63. The number of benzene rings is 2. The number of nitrogens with one attached hydrogen (secondary N) is 2. The molecule has 1 fully saturated rings. The van der Waals surface area contributed by atoms with Crippen LogP contribution in [-0.4, -0.2) is 43.6 Å². The van der Waals surface area contributed by atoms with Gasteiger partial charge in [-0.3, -0.25) is 9.89 Å². The number of likely N-dealkylation sites (tertiary alicyclic amines) is 1. The average molecular weight is 574 g/mol. The molecule has 178 valence electrons. The fourth-order valence-corrected chi connectivity index (χ4v) is 3.52. The van der Waals surface area contributed by atoms with E-state index in [0.717, 1.165) is 50.2 Å². The molecule has 0 amide bonds. The zero-order valence-electron chi connectivity index (χ0n) is 18.3. The Morgan fingerprint density at radius 3 is 2.45 bits per heavy atom. The van der Waals surface area contributed by atoms with Crippen LogP contribution in [0.15, 0.2) is 53.5 Å². The van der Waals surface area contributed by atoms with Gasteiger partial charge in [0, 0.05) is 38.3 Å². The van der Waals surface area contributed by atoms with E-state index >= 15 is 0 Å². The van der Waals surface area contributed by atoms with Crippen molar-refractivity contribution >= 4 is 29.9 Å². The van der Waals surface area contributed by atoms with Gasteiger partial charge < -0.3 is 10.6 Å². The van der Waals surface area contributed by atoms with Gasteiger partial charge in [-0.25, -0.2) is 4.39 Å². The van der Waals surface area contributed by atoms with Gasteiger partial charge in [0.2, 0.25) is 0 Å². The lowest BCUT2D eigenvalue weighted by Crippen LogP contribution is -2.48. The van der Waals surface area contributed by atoms with Gasteiger partial charge in [0.15, 0.2) is 5.96 Å². The highest BCUT2D eigenvalue weighted by atomic mass is 127. The van der Waals surface area contributed by atoms with Crippen molar-refractivity contribution in [3.8, 4) is 11.8 Å². The van der Waals surface area contributed by atoms with Gasteiger partial charge >= 0.3 is 6.18 Å². The van der Waals surface area contributed by atoms with Crippen LogP contribution in [0.2, 0.25) is 0 Å². The fourth-order valence-electron chi connectivity index (χ4n) is 3.52. The standard InChI is InChI=1S/C24H26F4N4.HI/c1-29-23(30-13-3-5-18-4-2-6-20(16-18)24(26,27)28)31-22-11-14-32(15-12-22)17-19-7-9-21(25)10-8-19;/h2,4,6-10,16,22H,11-15,17H2,1H3,(H2,29,30,31);1H. The Labute approximate surface area is 208 Å². The molecule has 0 spiro atoms. The smallest absolute Gasteiger partial charge is 0.354 e. The SMILES string of the molecule is CN=C(NCC#Cc1cccc(C(F)(F)F)c1)NC1CCN(Cc2ccc(F)cc2)CC1.I. The van der Waals surface area contributed by atoms with Crippen LogP contribution in [0.4, 0.5) is 17.6 Å². The Hall–Kier alpha value is -2.32. The predicted octanol–water partition coefficient (Wildman–Crippen LogP) is 4.64. The quantitative estimate of drug-likeness (QED) is 0.184. The van der Waals surface area contributed by atoms with Crippen LogP contribution < -0.4 is 10.6 Å². The molecular weight excluding hydrogens is 547 g/mol. The summed E-state index contributed by atoms with van der Waals surface area (Å²) in [5.41, 5.74) is 0.702. The maximum absolute atomic E-state index is 13.0. The van der Waals surface area contributed by atoms with E-state index in [1.165, 1.54) is 18.2 Å². The Morgan fingerprint density at radius 2 is 1.82 bits per heavy atom. The van der Waals surface area contributed by atoms with E-state index in [4.69, 9.17) is 0 Å². The summed E-state index contributed by atoms with van der Waals surface area (Å²) in [4.78, 5) is 6.53. The molecule has 2 N–H and O–H groups in total. The third-order valence-corrected chi connectivity index (χ3v) is 5.24. The van der Waals surface area contributed by atoms with Gasteiger partial charge in [0.05, 0.1) is 12.1 Å². The van der Waals surface area contributed by atoms with Crippen LogP contribution in [0, 0.1) is 17.7 Å². The van der Waals surface area contributed by atoms with Gasteiger partial charge in [-0.2, -0.15) is 13.2 Å². The van der Waals surface area contributed by atoms with E-state index in [1.54, 1.807) is 13.1 Å². The molecule has 0 atom stereocenters. The minimum atomic E-state index is -4.38. The van der Waals surface area contributed by atoms with Crippen molar-refractivity contribution in [3.63, 3.8) is 0 Å². The molecule has 1 aliphatic heterocycles. The van der Waals surface area contributed by atoms with Crippen molar-refractivity contribution < 1.29 is 17.6 Å². The lowest BCUT2D eigenvalue weighted by Gasteiger charge is -2.33. The lowest BCUT2D eigenvalue weighted by atomic mass is 10.0. The van der Waals surface area contributed by atoms with E-state index in [1.807, 2.05) is 12.1 Å². The van der Waals surface area contributed by atoms with Crippen molar-refractivity contribution in [1.29, 1.82) is 0 Å². The highest BCUT2D eigenvalue weighted by molar-refractivity contribution is 14.0. The average Bonchev–Trinajstić information content (AvgIpc) is 2.78. The van der Waals surface area contributed by atoms with Gasteiger partial charge in [-0.1, -0.05) is 30.0 Å². The molecular formula is C24H27F4IN4. The Kier molecular flexibility index (Phi) is 10.4. The van der Waals surface area contributed by atoms with Crippen LogP contribution in [0.3, 0.4) is 0 Å². The number of hydrogen-bond acceptors (Lipinski definition) is 2. The number of aliphatic imine (C=N–C) groups is 1. The normalized spacial score (nSPS) is 15.2. The summed E-state index contributed by atoms with van der Waals surface area (Å²) in [5, 5.41) is 6.45. The number of halogens is 5. The molecule has 0 saturated carbocycles. The first-order valence-corrected chi connectivity index (χ1v) is 10.4. The van der Waals surface area contributed by atoms with Crippen LogP contribution >= 0.6 is 24.0 Å². The fraction of sp³-hybridized carbons (Fsp3) is 0.375. The van der Waals surface area contributed by atoms with Crippen LogP contribution in [0.5, 0.6) is 0 Å². The van der Waals surface area contributed by atoms with Crippen molar-refractivity contribution in [1.82, 2.24) is 15.5 Å². The predicted molar refractivity (Wildman–Crippen MR) is 133 cm³/mol. The first-order chi connectivity index (χ1) is 15.3. The van der Waals surface area contributed by atoms with E-state index in [0.29, 0.717) is 11.5 Å². The molecule has 2 aromatic rings. The molecule has 0 radical (unpaired) electrons. The van der Waals surface area contributed by atoms with E-state index in [9.17, 15) is 17.6 Å². The summed E-state index contributed by atoms with van der Waals surface area (Å²) in [6, 6.07) is 11.8. The molecule has 0 bridgehead atoms. The van der Waals surface area contributed by atoms with Gasteiger partial charge in [-0.05, 0) is 48.7 Å². The van der Waals surface area contributed by atoms with Crippen molar-refractivity contribution in [2.45, 2.75) is 31.6 Å². The Balaban J connectivity index is 0.00000385. The topological polar surface area (TPSA) is 39.7 Å². The lowest BCUT2D eigenvalue weighted by molar-refractivity contribution is -0.137. The number of guanidine groups is 1. The largest absolute Gasteiger partial charge is 0.416 e. The summed E-state index contributed by atoms with van der Waals surface area (Å²) in [6.07, 6.45) is -2.49. The maximum atomic E-state index is 13.0. The van der Waals surface area contributed by atoms with Gasteiger partial charge in [0.1, 0.15) is 5.82 Å². The summed E-state index contributed by atoms with van der Waals surface area (Å²) >= 11 is 0. The third kappa shape index (κ3) is 8.85. The second-order valence-corrected chi connectivity index (χ2v) is 7.63. The van der Waals surface area contributed by atoms with E-state index < -0.39 is 11.7 Å². The minimum absolute atomic E-state index is 0. The number of alkyl halides is 3. The second kappa shape index (κ2) is 12.8. The van der Waals surface area contributed by atoms with Crippen molar-refractivity contribution in [3.05, 3.63) is 71.0 Å². The molecule has 0 aromatic heterocycles. The van der Waals surface area contributed by atoms with Crippen molar-refractivity contribution in [2.75, 3.05) is 26.7 Å². The molecule has 4 nitrogen and oxygen atoms in total. The summed E-state index contributed by atoms with van der Waals surface area (Å²) < 4.78 is 51.4. The number of piperidine rings is 1. The molecule has 0 aliphatic carbocycles. The zero-order chi connectivity index (χ0) is 23.0. The molecule has 0 unspecified atom stereocenters. The van der Waals surface area contributed by atoms with Crippen LogP contribution in [0.25, 0.3) is 0 Å². The monoisotopic (exact) mass is 574 g/mol. The number of rotatable bonds is 4. The first-order valence-electron chi connectivity index (χ1n) is 10.4. The van der Waals surface area contributed by atoms with E-state index in [-0.39, 0.29) is 42.4 Å². The van der Waals surface area contributed by atoms with Crippen LogP contribution in [-0.2, 0) is 12.7 Å². The number of nitrogens with zero attached hydrogens (tertiary/aromatic N) is 2. The molecule has 1 heterocycles. The molecule has 3 rings (SSSR count). The van der Waals surface area contributed by atoms with Crippen molar-refractivity contribution in [2.24, 2.45) is 4.99 Å². The zero-order valence-corrected chi connectivity index (χ0v) is 20.6. The summed E-state index contributed by atoms with van der Waals surface area (Å²) in [7, 11) is 1.67. The molecule has 33 heavy (non-hydrogen) atoms. The highest BCUT2D eigenvalue weighted by Gasteiger charge is 2.30. The minimum Gasteiger partial charge on any atom is -0.354 e. The number of hydrogen-bond donors (Lipinski definition) is 2. The third-order valence-electron chi connectivity index (χ3n) is 5.24. The first kappa shape index (κ1) is 26.9. The van der Waals surface area contributed by atoms with E-state index in [2.05, 4.69) is 32.4 Å². The Morgan fingerprint density at radius 1 is 1.12 bits per heavy atom. The maximum Gasteiger partial charge on any atom is 0.416 e. The highest BCUT2D eigenvalue weighted by Crippen LogP contribution is 2.29. The van der Waals surface area contributed by atoms with Crippen LogP contribution in [0.1, 0.15) is 29.5 Å². The summed E-state index contributed by atoms with van der Waals surface area (Å²) in [6.45, 7) is 2.90. The molecule has 2 aromatic carbocycles. The summed E-state index contributed by atoms with van der Waals surface area (Å²) in [5.74, 6) is 5.97. The molecule has 9 heteroatoms. The Bertz CT molecular complexity index is 972. The molecule has 1 aliphatic rings. The molecule has 1 saturated heterocycles.